The molecule has 1 N–H and O–H groups in total. The highest BCUT2D eigenvalue weighted by molar-refractivity contribution is 6.10. The van der Waals surface area contributed by atoms with Crippen molar-refractivity contribution in [2.24, 2.45) is 0 Å². The van der Waals surface area contributed by atoms with Crippen LogP contribution in [-0.2, 0) is 17.9 Å². The van der Waals surface area contributed by atoms with Gasteiger partial charge in [-0.2, -0.15) is 0 Å². The Morgan fingerprint density at radius 2 is 1.77 bits per heavy atom. The maximum absolute atomic E-state index is 12.9. The number of fused-ring (bicyclic) bond motifs is 1. The first kappa shape index (κ1) is 20.5. The van der Waals surface area contributed by atoms with Gasteiger partial charge in [-0.25, -0.2) is 4.79 Å². The lowest BCUT2D eigenvalue weighted by Gasteiger charge is -2.16. The molecular weight excluding hydrogens is 394 g/mol. The first-order valence-electron chi connectivity index (χ1n) is 9.99. The van der Waals surface area contributed by atoms with E-state index < -0.39 is 5.97 Å². The number of rotatable bonds is 7. The van der Waals surface area contributed by atoms with Gasteiger partial charge in [-0.05, 0) is 61.4 Å². The summed E-state index contributed by atoms with van der Waals surface area (Å²) in [7, 11) is 0. The highest BCUT2D eigenvalue weighted by Gasteiger charge is 2.30. The summed E-state index contributed by atoms with van der Waals surface area (Å²) in [6.07, 6.45) is 0. The van der Waals surface area contributed by atoms with Crippen molar-refractivity contribution in [3.63, 3.8) is 0 Å². The van der Waals surface area contributed by atoms with Gasteiger partial charge in [0.15, 0.2) is 6.61 Å². The van der Waals surface area contributed by atoms with Crippen LogP contribution in [0.15, 0.2) is 60.7 Å². The third-order valence-corrected chi connectivity index (χ3v) is 5.26. The van der Waals surface area contributed by atoms with Gasteiger partial charge in [0.25, 0.3) is 5.91 Å². The number of ether oxygens (including phenoxy) is 2. The van der Waals surface area contributed by atoms with Crippen LogP contribution in [0.2, 0.25) is 0 Å². The molecule has 1 aliphatic rings. The fourth-order valence-electron chi connectivity index (χ4n) is 3.64. The van der Waals surface area contributed by atoms with Crippen molar-refractivity contribution in [1.82, 2.24) is 0 Å². The Bertz CT molecular complexity index is 1140. The lowest BCUT2D eigenvalue weighted by molar-refractivity contribution is -0.139. The second kappa shape index (κ2) is 8.52. The molecule has 0 saturated carbocycles. The summed E-state index contributed by atoms with van der Waals surface area (Å²) >= 11 is 0. The number of carbonyl (C=O) groups excluding carboxylic acids is 1. The van der Waals surface area contributed by atoms with Crippen LogP contribution < -0.4 is 14.4 Å². The molecule has 6 nitrogen and oxygen atoms in total. The fraction of sp³-hybridized carbons (Fsp3) is 0.200. The maximum atomic E-state index is 12.9. The van der Waals surface area contributed by atoms with Gasteiger partial charge >= 0.3 is 5.97 Å². The molecule has 0 saturated heterocycles. The highest BCUT2D eigenvalue weighted by Crippen LogP contribution is 2.34. The molecule has 0 radical (unpaired) electrons. The van der Waals surface area contributed by atoms with E-state index in [1.807, 2.05) is 68.4 Å². The van der Waals surface area contributed by atoms with E-state index in [9.17, 15) is 9.59 Å². The Morgan fingerprint density at radius 3 is 2.48 bits per heavy atom. The van der Waals surface area contributed by atoms with Crippen LogP contribution in [0, 0.1) is 13.8 Å². The summed E-state index contributed by atoms with van der Waals surface area (Å²) in [5.74, 6) is 0.175. The Morgan fingerprint density at radius 1 is 1.00 bits per heavy atom. The number of anilines is 1. The number of hydrogen-bond donors (Lipinski definition) is 1. The number of nitrogens with zero attached hydrogens (tertiary/aromatic N) is 1. The van der Waals surface area contributed by atoms with Gasteiger partial charge < -0.3 is 19.5 Å². The average Bonchev–Trinajstić information content (AvgIpc) is 3.09. The normalized spacial score (nSPS) is 12.6. The topological polar surface area (TPSA) is 76.1 Å². The summed E-state index contributed by atoms with van der Waals surface area (Å²) in [4.78, 5) is 25.4. The van der Waals surface area contributed by atoms with Crippen LogP contribution in [0.1, 0.15) is 32.6 Å². The maximum Gasteiger partial charge on any atom is 0.341 e. The smallest absolute Gasteiger partial charge is 0.341 e. The molecule has 1 amide bonds. The van der Waals surface area contributed by atoms with Crippen molar-refractivity contribution in [3.05, 3.63) is 88.5 Å². The quantitative estimate of drug-likeness (QED) is 0.612. The largest absolute Gasteiger partial charge is 0.489 e. The number of amides is 1. The minimum Gasteiger partial charge on any atom is -0.489 e. The van der Waals surface area contributed by atoms with E-state index in [4.69, 9.17) is 14.6 Å². The van der Waals surface area contributed by atoms with Crippen LogP contribution in [0.5, 0.6) is 11.5 Å². The van der Waals surface area contributed by atoms with Crippen molar-refractivity contribution in [1.29, 1.82) is 0 Å². The molecule has 1 aliphatic heterocycles. The number of aliphatic carboxylic acids is 1. The van der Waals surface area contributed by atoms with E-state index in [0.717, 1.165) is 27.9 Å². The zero-order chi connectivity index (χ0) is 22.0. The summed E-state index contributed by atoms with van der Waals surface area (Å²) in [5, 5.41) is 8.76. The first-order valence-corrected chi connectivity index (χ1v) is 9.99. The molecular formula is C25H23NO5. The molecule has 3 aromatic carbocycles. The van der Waals surface area contributed by atoms with Crippen LogP contribution in [0.25, 0.3) is 0 Å². The van der Waals surface area contributed by atoms with E-state index in [2.05, 4.69) is 0 Å². The predicted molar refractivity (Wildman–Crippen MR) is 117 cm³/mol. The standard InChI is InChI=1S/C25H23NO5/c1-16-6-9-19(10-7-16)26-13-21-20(25(26)29)4-3-5-23(21)30-14-18-8-11-22(17(2)12-18)31-15-24(27)28/h3-12H,13-15H2,1-2H3,(H,27,28). The van der Waals surface area contributed by atoms with Crippen molar-refractivity contribution >= 4 is 17.6 Å². The third-order valence-electron chi connectivity index (χ3n) is 5.26. The van der Waals surface area contributed by atoms with Crippen molar-refractivity contribution < 1.29 is 24.2 Å². The Balaban J connectivity index is 1.48. The predicted octanol–water partition coefficient (Wildman–Crippen LogP) is 4.51. The molecule has 0 spiro atoms. The summed E-state index contributed by atoms with van der Waals surface area (Å²) in [6, 6.07) is 18.9. The van der Waals surface area contributed by atoms with Crippen LogP contribution in [-0.4, -0.2) is 23.6 Å². The van der Waals surface area contributed by atoms with Gasteiger partial charge in [0.05, 0.1) is 6.54 Å². The molecule has 3 aromatic rings. The molecule has 158 valence electrons. The van der Waals surface area contributed by atoms with E-state index in [0.29, 0.717) is 30.2 Å². The summed E-state index contributed by atoms with van der Waals surface area (Å²) < 4.78 is 11.3. The van der Waals surface area contributed by atoms with Gasteiger partial charge in [0.1, 0.15) is 18.1 Å². The minimum absolute atomic E-state index is 0.0277. The van der Waals surface area contributed by atoms with Crippen molar-refractivity contribution in [2.45, 2.75) is 27.0 Å². The van der Waals surface area contributed by atoms with Gasteiger partial charge in [0.2, 0.25) is 0 Å². The molecule has 1 heterocycles. The second-order valence-corrected chi connectivity index (χ2v) is 7.58. The molecule has 0 aromatic heterocycles. The number of carboxylic acids is 1. The number of aryl methyl sites for hydroxylation is 2. The molecule has 0 aliphatic carbocycles. The molecule has 0 bridgehead atoms. The first-order chi connectivity index (χ1) is 14.9. The second-order valence-electron chi connectivity index (χ2n) is 7.58. The average molecular weight is 417 g/mol. The van der Waals surface area contributed by atoms with E-state index in [1.54, 1.807) is 11.0 Å². The zero-order valence-corrected chi connectivity index (χ0v) is 17.4. The van der Waals surface area contributed by atoms with E-state index in [1.165, 1.54) is 0 Å². The Hall–Kier alpha value is -3.80. The molecule has 0 unspecified atom stereocenters. The monoisotopic (exact) mass is 417 g/mol. The lowest BCUT2D eigenvalue weighted by atomic mass is 10.1. The van der Waals surface area contributed by atoms with E-state index in [-0.39, 0.29) is 12.5 Å². The molecule has 31 heavy (non-hydrogen) atoms. The van der Waals surface area contributed by atoms with Crippen molar-refractivity contribution in [3.8, 4) is 11.5 Å². The number of hydrogen-bond acceptors (Lipinski definition) is 4. The van der Waals surface area contributed by atoms with Crippen molar-refractivity contribution in [2.75, 3.05) is 11.5 Å². The van der Waals surface area contributed by atoms with Crippen LogP contribution >= 0.6 is 0 Å². The molecule has 0 fully saturated rings. The fourth-order valence-corrected chi connectivity index (χ4v) is 3.64. The van der Waals surface area contributed by atoms with Gasteiger partial charge in [-0.3, -0.25) is 4.79 Å². The third kappa shape index (κ3) is 4.38. The minimum atomic E-state index is -1.01. The summed E-state index contributed by atoms with van der Waals surface area (Å²) in [5.41, 5.74) is 5.31. The number of carbonyl (C=O) groups is 2. The molecule has 4 rings (SSSR count). The van der Waals surface area contributed by atoms with Crippen LogP contribution in [0.4, 0.5) is 5.69 Å². The zero-order valence-electron chi connectivity index (χ0n) is 17.4. The Labute approximate surface area is 180 Å². The summed E-state index contributed by atoms with van der Waals surface area (Å²) in [6.45, 7) is 4.30. The number of carboxylic acid groups (broad SMARTS) is 1. The highest BCUT2D eigenvalue weighted by atomic mass is 16.5. The number of benzene rings is 3. The van der Waals surface area contributed by atoms with Gasteiger partial charge in [0, 0.05) is 16.8 Å². The lowest BCUT2D eigenvalue weighted by Crippen LogP contribution is -2.22. The van der Waals surface area contributed by atoms with Gasteiger partial charge in [-0.15, -0.1) is 0 Å². The van der Waals surface area contributed by atoms with Gasteiger partial charge in [-0.1, -0.05) is 29.8 Å². The Kier molecular flexibility index (Phi) is 5.62. The SMILES string of the molecule is Cc1ccc(N2Cc3c(OCc4ccc(OCC(=O)O)c(C)c4)cccc3C2=O)cc1. The van der Waals surface area contributed by atoms with Crippen LogP contribution in [0.3, 0.4) is 0 Å². The molecule has 0 atom stereocenters. The molecule has 6 heteroatoms. The van der Waals surface area contributed by atoms with E-state index >= 15 is 0 Å².